The second-order valence-corrected chi connectivity index (χ2v) is 11.0. The Morgan fingerprint density at radius 1 is 1.36 bits per heavy atom. The molecule has 0 aliphatic carbocycles. The van der Waals surface area contributed by atoms with Crippen molar-refractivity contribution in [1.29, 1.82) is 0 Å². The third-order valence-electron chi connectivity index (χ3n) is 7.51. The van der Waals surface area contributed by atoms with E-state index in [0.29, 0.717) is 19.4 Å². The number of hydrogen-bond donors (Lipinski definition) is 1. The quantitative estimate of drug-likeness (QED) is 0.343. The van der Waals surface area contributed by atoms with E-state index in [9.17, 15) is 19.5 Å². The van der Waals surface area contributed by atoms with E-state index in [2.05, 4.69) is 20.1 Å². The molecule has 0 radical (unpaired) electrons. The van der Waals surface area contributed by atoms with Crippen LogP contribution in [0.25, 0.3) is 0 Å². The molecule has 7 nitrogen and oxygen atoms in total. The molecule has 3 unspecified atom stereocenters. The average molecular weight is 479 g/mol. The minimum Gasteiger partial charge on any atom is -0.461 e. The molecular weight excluding hydrogens is 440 g/mol. The highest BCUT2D eigenvalue weighted by molar-refractivity contribution is 8.02. The van der Waals surface area contributed by atoms with Crippen LogP contribution < -0.4 is 0 Å². The third kappa shape index (κ3) is 4.25. The minimum absolute atomic E-state index is 0.000869. The van der Waals surface area contributed by atoms with E-state index in [1.807, 2.05) is 18.7 Å². The van der Waals surface area contributed by atoms with Crippen molar-refractivity contribution in [3.05, 3.63) is 25.3 Å². The van der Waals surface area contributed by atoms with Gasteiger partial charge in [0, 0.05) is 17.8 Å². The van der Waals surface area contributed by atoms with Gasteiger partial charge in [-0.3, -0.25) is 14.4 Å². The molecule has 0 aromatic rings. The molecule has 3 heterocycles. The van der Waals surface area contributed by atoms with E-state index in [4.69, 9.17) is 4.74 Å². The number of aliphatic hydroxyl groups is 1. The maximum Gasteiger partial charge on any atom is 0.311 e. The minimum atomic E-state index is -0.710. The molecule has 2 amide bonds. The summed E-state index contributed by atoms with van der Waals surface area (Å²) in [4.78, 5) is 44.5. The topological polar surface area (TPSA) is 87.2 Å². The fourth-order valence-electron chi connectivity index (χ4n) is 6.04. The van der Waals surface area contributed by atoms with Gasteiger partial charge in [0.1, 0.15) is 12.6 Å². The lowest BCUT2D eigenvalue weighted by Gasteiger charge is -2.41. The van der Waals surface area contributed by atoms with Gasteiger partial charge in [0.15, 0.2) is 0 Å². The van der Waals surface area contributed by atoms with Crippen LogP contribution >= 0.6 is 11.8 Å². The van der Waals surface area contributed by atoms with Crippen LogP contribution in [0.1, 0.15) is 52.9 Å². The zero-order valence-corrected chi connectivity index (χ0v) is 20.9. The van der Waals surface area contributed by atoms with E-state index < -0.39 is 28.7 Å². The molecule has 184 valence electrons. The van der Waals surface area contributed by atoms with Gasteiger partial charge >= 0.3 is 5.97 Å². The van der Waals surface area contributed by atoms with Gasteiger partial charge in [-0.05, 0) is 32.6 Å². The monoisotopic (exact) mass is 478 g/mol. The zero-order valence-electron chi connectivity index (χ0n) is 20.1. The molecule has 0 aromatic carbocycles. The number of aliphatic hydroxyl groups excluding tert-OH is 1. The van der Waals surface area contributed by atoms with Crippen LogP contribution in [0.4, 0.5) is 0 Å². The molecule has 3 rings (SSSR count). The predicted octanol–water partition coefficient (Wildman–Crippen LogP) is 2.78. The summed E-state index contributed by atoms with van der Waals surface area (Å²) < 4.78 is 4.71. The second-order valence-electron chi connectivity index (χ2n) is 9.38. The molecule has 3 fully saturated rings. The lowest BCUT2D eigenvalue weighted by molar-refractivity contribution is -0.153. The second kappa shape index (κ2) is 10.6. The molecule has 33 heavy (non-hydrogen) atoms. The molecule has 7 atom stereocenters. The lowest BCUT2D eigenvalue weighted by atomic mass is 9.71. The first-order chi connectivity index (χ1) is 15.8. The first-order valence-electron chi connectivity index (χ1n) is 12.1. The fourth-order valence-corrected chi connectivity index (χ4v) is 8.23. The number of nitrogens with zero attached hydrogens (tertiary/aromatic N) is 2. The number of carbonyl (C=O) groups excluding carboxylic acids is 3. The smallest absolute Gasteiger partial charge is 0.311 e. The number of fused-ring (bicyclic) bond motifs is 1. The Balaban J connectivity index is 2.06. The van der Waals surface area contributed by atoms with Crippen molar-refractivity contribution in [2.75, 3.05) is 19.8 Å². The van der Waals surface area contributed by atoms with E-state index in [-0.39, 0.29) is 42.3 Å². The molecule has 3 saturated heterocycles. The molecule has 3 aliphatic heterocycles. The molecule has 8 heteroatoms. The summed E-state index contributed by atoms with van der Waals surface area (Å²) in [5.41, 5.74) is 0. The van der Waals surface area contributed by atoms with Gasteiger partial charge < -0.3 is 19.6 Å². The van der Waals surface area contributed by atoms with E-state index in [0.717, 1.165) is 19.3 Å². The van der Waals surface area contributed by atoms with Crippen molar-refractivity contribution in [2.45, 2.75) is 81.0 Å². The molecule has 0 aromatic heterocycles. The normalized spacial score (nSPS) is 31.8. The predicted molar refractivity (Wildman–Crippen MR) is 130 cm³/mol. The molecule has 2 bridgehead atoms. The highest BCUT2D eigenvalue weighted by atomic mass is 32.2. The van der Waals surface area contributed by atoms with Gasteiger partial charge in [-0.15, -0.1) is 18.3 Å². The Kier molecular flexibility index (Phi) is 8.32. The molecule has 1 spiro atoms. The Hall–Kier alpha value is -1.80. The molecule has 0 saturated carbocycles. The maximum atomic E-state index is 14.2. The fraction of sp³-hybridized carbons (Fsp3) is 0.720. The van der Waals surface area contributed by atoms with Crippen LogP contribution in [0.15, 0.2) is 25.3 Å². The van der Waals surface area contributed by atoms with Gasteiger partial charge in [-0.2, -0.15) is 0 Å². The van der Waals surface area contributed by atoms with Crippen molar-refractivity contribution < 1.29 is 24.2 Å². The number of rotatable bonds is 12. The van der Waals surface area contributed by atoms with Crippen LogP contribution in [-0.2, 0) is 19.1 Å². The number of likely N-dealkylation sites (tertiary alicyclic amines) is 1. The first-order valence-corrected chi connectivity index (χ1v) is 13.0. The average Bonchev–Trinajstić information content (AvgIpc) is 3.44. The number of ether oxygens (including phenoxy) is 1. The van der Waals surface area contributed by atoms with Crippen LogP contribution in [0.3, 0.4) is 0 Å². The van der Waals surface area contributed by atoms with E-state index in [1.54, 1.807) is 22.7 Å². The Labute approximate surface area is 201 Å². The van der Waals surface area contributed by atoms with Crippen molar-refractivity contribution in [3.8, 4) is 0 Å². The Bertz CT molecular complexity index is 785. The summed E-state index contributed by atoms with van der Waals surface area (Å²) in [5, 5.41) is 10.1. The summed E-state index contributed by atoms with van der Waals surface area (Å²) in [7, 11) is 0. The van der Waals surface area contributed by atoms with Gasteiger partial charge in [0.25, 0.3) is 0 Å². The summed E-state index contributed by atoms with van der Waals surface area (Å²) in [6, 6.07) is -1.18. The van der Waals surface area contributed by atoms with Gasteiger partial charge in [-0.25, -0.2) is 0 Å². The summed E-state index contributed by atoms with van der Waals surface area (Å²) in [6.45, 7) is 13.7. The van der Waals surface area contributed by atoms with Crippen molar-refractivity contribution in [2.24, 2.45) is 11.8 Å². The summed E-state index contributed by atoms with van der Waals surface area (Å²) in [6.07, 6.45) is 7.01. The summed E-state index contributed by atoms with van der Waals surface area (Å²) >= 11 is 1.62. The number of hydrogen-bond acceptors (Lipinski definition) is 6. The number of amides is 2. The van der Waals surface area contributed by atoms with Crippen LogP contribution in [0.2, 0.25) is 0 Å². The van der Waals surface area contributed by atoms with Crippen LogP contribution in [0, 0.1) is 11.8 Å². The maximum absolute atomic E-state index is 14.2. The van der Waals surface area contributed by atoms with Gasteiger partial charge in [-0.1, -0.05) is 39.0 Å². The molecule has 1 N–H and O–H groups in total. The van der Waals surface area contributed by atoms with Gasteiger partial charge in [0.05, 0.1) is 29.2 Å². The third-order valence-corrected chi connectivity index (χ3v) is 9.46. The standard InChI is InChI=1S/C25H38N2O5S/c1-6-10-16(5)26(13-7-2)23(30)21-25-12-11-18(33-25)19(24(31)32-14-8-3)20(25)22(29)27(21)17(9-4)15-28/h7-8,16-21,28H,2-3,6,9-15H2,1,4-5H3/t16?,17-,18-,19+,20-,21?,25?/m0/s1. The highest BCUT2D eigenvalue weighted by Gasteiger charge is 2.74. The highest BCUT2D eigenvalue weighted by Crippen LogP contribution is 2.67. The molecular formula is C25H38N2O5S. The van der Waals surface area contributed by atoms with Crippen LogP contribution in [0.5, 0.6) is 0 Å². The molecule has 3 aliphatic rings. The lowest BCUT2D eigenvalue weighted by Crippen LogP contribution is -2.58. The number of thioether (sulfide) groups is 1. The van der Waals surface area contributed by atoms with Gasteiger partial charge in [0.2, 0.25) is 11.8 Å². The number of esters is 1. The van der Waals surface area contributed by atoms with Crippen molar-refractivity contribution in [1.82, 2.24) is 9.80 Å². The SMILES string of the molecule is C=CCOC(=O)[C@@H]1[C@@H]2CCC3(S2)C(C(=O)N(CC=C)C(C)CCC)N([C@@H](CC)CO)C(=O)[C@H]13. The summed E-state index contributed by atoms with van der Waals surface area (Å²) in [5.74, 6) is -1.88. The Morgan fingerprint density at radius 2 is 2.09 bits per heavy atom. The van der Waals surface area contributed by atoms with Crippen molar-refractivity contribution in [3.63, 3.8) is 0 Å². The first kappa shape index (κ1) is 25.8. The number of carbonyl (C=O) groups is 3. The largest absolute Gasteiger partial charge is 0.461 e. The van der Waals surface area contributed by atoms with E-state index in [1.165, 1.54) is 6.08 Å². The zero-order chi connectivity index (χ0) is 24.3. The Morgan fingerprint density at radius 3 is 2.67 bits per heavy atom. The van der Waals surface area contributed by atoms with Crippen LogP contribution in [-0.4, -0.2) is 80.6 Å². The van der Waals surface area contributed by atoms with Crippen molar-refractivity contribution >= 4 is 29.5 Å². The van der Waals surface area contributed by atoms with E-state index >= 15 is 0 Å².